The van der Waals surface area contributed by atoms with Gasteiger partial charge in [-0.3, -0.25) is 0 Å². The zero-order valence-corrected chi connectivity index (χ0v) is 12.7. The standard InChI is InChI=1S/C12H21NO6S/c1-11(2,3)19-10(14)13-4-8-6-20(17,18)7-9(5-13)12(8,15)16/h8-9,15-16H,4-7H2,1-3H3. The summed E-state index contributed by atoms with van der Waals surface area (Å²) in [6, 6.07) is 0. The molecule has 2 fully saturated rings. The summed E-state index contributed by atoms with van der Waals surface area (Å²) in [4.78, 5) is 13.4. The van der Waals surface area contributed by atoms with E-state index in [2.05, 4.69) is 0 Å². The molecular weight excluding hydrogens is 286 g/mol. The Bertz CT molecular complexity index is 483. The van der Waals surface area contributed by atoms with E-state index in [9.17, 15) is 23.4 Å². The van der Waals surface area contributed by atoms with Gasteiger partial charge in [-0.25, -0.2) is 13.2 Å². The Morgan fingerprint density at radius 3 is 2.05 bits per heavy atom. The van der Waals surface area contributed by atoms with Crippen molar-refractivity contribution in [3.05, 3.63) is 0 Å². The summed E-state index contributed by atoms with van der Waals surface area (Å²) in [5, 5.41) is 20.1. The van der Waals surface area contributed by atoms with Gasteiger partial charge in [-0.05, 0) is 20.8 Å². The molecule has 20 heavy (non-hydrogen) atoms. The highest BCUT2D eigenvalue weighted by atomic mass is 32.2. The van der Waals surface area contributed by atoms with Crippen LogP contribution in [0.4, 0.5) is 4.79 Å². The molecule has 2 bridgehead atoms. The fraction of sp³-hybridized carbons (Fsp3) is 0.917. The molecule has 2 heterocycles. The summed E-state index contributed by atoms with van der Waals surface area (Å²) in [7, 11) is -3.30. The first-order valence-corrected chi connectivity index (χ1v) is 8.36. The third-order valence-corrected chi connectivity index (χ3v) is 5.47. The van der Waals surface area contributed by atoms with Crippen molar-refractivity contribution in [1.29, 1.82) is 0 Å². The Morgan fingerprint density at radius 1 is 1.20 bits per heavy atom. The van der Waals surface area contributed by atoms with Crippen molar-refractivity contribution in [3.8, 4) is 0 Å². The second-order valence-electron chi connectivity index (χ2n) is 6.64. The van der Waals surface area contributed by atoms with Gasteiger partial charge in [0.25, 0.3) is 0 Å². The van der Waals surface area contributed by atoms with Gasteiger partial charge in [0.2, 0.25) is 0 Å². The highest BCUT2D eigenvalue weighted by molar-refractivity contribution is 7.91. The first kappa shape index (κ1) is 15.5. The zero-order chi connectivity index (χ0) is 15.3. The molecule has 2 saturated heterocycles. The van der Waals surface area contributed by atoms with Crippen LogP contribution in [0, 0.1) is 11.8 Å². The molecule has 0 aromatic rings. The van der Waals surface area contributed by atoms with Gasteiger partial charge in [0, 0.05) is 24.9 Å². The Morgan fingerprint density at radius 2 is 1.65 bits per heavy atom. The van der Waals surface area contributed by atoms with Crippen molar-refractivity contribution in [1.82, 2.24) is 4.90 Å². The smallest absolute Gasteiger partial charge is 0.410 e. The van der Waals surface area contributed by atoms with Crippen molar-refractivity contribution < 1.29 is 28.2 Å². The lowest BCUT2D eigenvalue weighted by Gasteiger charge is -2.49. The number of ether oxygens (including phenoxy) is 1. The van der Waals surface area contributed by atoms with Gasteiger partial charge < -0.3 is 19.8 Å². The summed E-state index contributed by atoms with van der Waals surface area (Å²) in [5.41, 5.74) is -0.648. The van der Waals surface area contributed by atoms with Crippen LogP contribution in [-0.2, 0) is 14.6 Å². The minimum absolute atomic E-state index is 0.0301. The molecule has 2 aliphatic heterocycles. The van der Waals surface area contributed by atoms with Crippen molar-refractivity contribution in [2.45, 2.75) is 32.2 Å². The highest BCUT2D eigenvalue weighted by Gasteiger charge is 2.55. The quantitative estimate of drug-likeness (QED) is 0.589. The van der Waals surface area contributed by atoms with Crippen molar-refractivity contribution in [2.24, 2.45) is 11.8 Å². The fourth-order valence-electron chi connectivity index (χ4n) is 2.72. The molecule has 0 aromatic heterocycles. The lowest BCUT2D eigenvalue weighted by atomic mass is 9.84. The third-order valence-electron chi connectivity index (χ3n) is 3.65. The summed E-state index contributed by atoms with van der Waals surface area (Å²) in [6.45, 7) is 5.16. The van der Waals surface area contributed by atoms with Crippen LogP contribution in [0.2, 0.25) is 0 Å². The number of likely N-dealkylation sites (tertiary alicyclic amines) is 1. The van der Waals surface area contributed by atoms with E-state index in [4.69, 9.17) is 4.74 Å². The summed E-state index contributed by atoms with van der Waals surface area (Å²) in [5.74, 6) is -4.48. The van der Waals surface area contributed by atoms with E-state index in [1.165, 1.54) is 4.90 Å². The number of carbonyl (C=O) groups excluding carboxylic acids is 1. The van der Waals surface area contributed by atoms with E-state index >= 15 is 0 Å². The molecule has 116 valence electrons. The number of aliphatic hydroxyl groups is 2. The lowest BCUT2D eigenvalue weighted by Crippen LogP contribution is -2.65. The average Bonchev–Trinajstić information content (AvgIpc) is 2.17. The summed E-state index contributed by atoms with van der Waals surface area (Å²) < 4.78 is 28.6. The average molecular weight is 307 g/mol. The molecule has 2 atom stereocenters. The van der Waals surface area contributed by atoms with Gasteiger partial charge in [-0.15, -0.1) is 0 Å². The number of fused-ring (bicyclic) bond motifs is 2. The topological polar surface area (TPSA) is 104 Å². The molecule has 0 aromatic carbocycles. The van der Waals surface area contributed by atoms with Crippen LogP contribution < -0.4 is 0 Å². The minimum atomic E-state index is -3.30. The highest BCUT2D eigenvalue weighted by Crippen LogP contribution is 2.37. The summed E-state index contributed by atoms with van der Waals surface area (Å²) in [6.07, 6.45) is -0.553. The largest absolute Gasteiger partial charge is 0.444 e. The number of sulfone groups is 1. The number of rotatable bonds is 0. The number of piperidine rings is 1. The first-order valence-electron chi connectivity index (χ1n) is 6.54. The molecule has 2 rings (SSSR count). The predicted molar refractivity (Wildman–Crippen MR) is 70.6 cm³/mol. The number of nitrogens with zero attached hydrogens (tertiary/aromatic N) is 1. The van der Waals surface area contributed by atoms with Crippen LogP contribution in [0.1, 0.15) is 20.8 Å². The van der Waals surface area contributed by atoms with Crippen LogP contribution in [0.3, 0.4) is 0 Å². The predicted octanol–water partition coefficient (Wildman–Crippen LogP) is -0.421. The van der Waals surface area contributed by atoms with E-state index < -0.39 is 39.2 Å². The first-order chi connectivity index (χ1) is 8.91. The SMILES string of the molecule is CC(C)(C)OC(=O)N1CC2CS(=O)(=O)CC(C1)C2(O)O. The number of carbonyl (C=O) groups is 1. The number of hydrogen-bond donors (Lipinski definition) is 2. The molecule has 0 saturated carbocycles. The van der Waals surface area contributed by atoms with Crippen LogP contribution >= 0.6 is 0 Å². The maximum absolute atomic E-state index is 12.0. The monoisotopic (exact) mass is 307 g/mol. The van der Waals surface area contributed by atoms with Crippen molar-refractivity contribution in [3.63, 3.8) is 0 Å². The zero-order valence-electron chi connectivity index (χ0n) is 11.9. The molecule has 2 aliphatic rings. The van der Waals surface area contributed by atoms with E-state index in [1.54, 1.807) is 20.8 Å². The molecule has 1 amide bonds. The van der Waals surface area contributed by atoms with Gasteiger partial charge in [0.05, 0.1) is 11.5 Å². The van der Waals surface area contributed by atoms with E-state index in [-0.39, 0.29) is 24.6 Å². The van der Waals surface area contributed by atoms with Crippen LogP contribution in [-0.4, -0.2) is 65.6 Å². The Hall–Kier alpha value is -0.860. The molecule has 0 radical (unpaired) electrons. The number of amides is 1. The maximum atomic E-state index is 12.0. The third kappa shape index (κ3) is 3.07. The van der Waals surface area contributed by atoms with Gasteiger partial charge in [-0.1, -0.05) is 0 Å². The molecule has 2 N–H and O–H groups in total. The second kappa shape index (κ2) is 4.57. The lowest BCUT2D eigenvalue weighted by molar-refractivity contribution is -0.250. The van der Waals surface area contributed by atoms with E-state index in [1.807, 2.05) is 0 Å². The van der Waals surface area contributed by atoms with Gasteiger partial charge in [-0.2, -0.15) is 0 Å². The Kier molecular flexibility index (Phi) is 3.55. The fourth-order valence-corrected chi connectivity index (χ4v) is 4.78. The van der Waals surface area contributed by atoms with Crippen LogP contribution in [0.15, 0.2) is 0 Å². The van der Waals surface area contributed by atoms with Crippen molar-refractivity contribution in [2.75, 3.05) is 24.6 Å². The minimum Gasteiger partial charge on any atom is -0.444 e. The van der Waals surface area contributed by atoms with Crippen LogP contribution in [0.25, 0.3) is 0 Å². The number of hydrogen-bond acceptors (Lipinski definition) is 6. The van der Waals surface area contributed by atoms with Gasteiger partial charge in [0.1, 0.15) is 5.60 Å². The molecule has 0 spiro atoms. The molecule has 8 heteroatoms. The van der Waals surface area contributed by atoms with E-state index in [0.717, 1.165) is 0 Å². The van der Waals surface area contributed by atoms with Crippen molar-refractivity contribution >= 4 is 15.9 Å². The van der Waals surface area contributed by atoms with Gasteiger partial charge in [0.15, 0.2) is 15.6 Å². The molecule has 0 aliphatic carbocycles. The van der Waals surface area contributed by atoms with Gasteiger partial charge >= 0.3 is 6.09 Å². The summed E-state index contributed by atoms with van der Waals surface area (Å²) >= 11 is 0. The second-order valence-corrected chi connectivity index (χ2v) is 8.79. The Balaban J connectivity index is 2.16. The maximum Gasteiger partial charge on any atom is 0.410 e. The molecule has 7 nitrogen and oxygen atoms in total. The molecule has 2 unspecified atom stereocenters. The molecular formula is C12H21NO6S. The van der Waals surface area contributed by atoms with Crippen LogP contribution in [0.5, 0.6) is 0 Å². The van der Waals surface area contributed by atoms with E-state index in [0.29, 0.717) is 0 Å². The normalized spacial score (nSPS) is 31.8. The Labute approximate surface area is 118 Å².